The molecule has 27 heavy (non-hydrogen) atoms. The fraction of sp³-hybridized carbons (Fsp3) is 0.263. The maximum Gasteiger partial charge on any atom is 0.471 e. The number of benzene rings is 2. The Balaban J connectivity index is 1.80. The molecule has 0 saturated carbocycles. The first kappa shape index (κ1) is 20.3. The van der Waals surface area contributed by atoms with Gasteiger partial charge >= 0.3 is 12.1 Å². The number of para-hydroxylation sites is 1. The molecule has 2 rings (SSSR count). The largest absolute Gasteiger partial charge is 0.483 e. The number of aryl methyl sites for hydroxylation is 1. The van der Waals surface area contributed by atoms with E-state index in [-0.39, 0.29) is 24.7 Å². The van der Waals surface area contributed by atoms with Gasteiger partial charge in [-0.05, 0) is 35.7 Å². The van der Waals surface area contributed by atoms with Gasteiger partial charge in [0.15, 0.2) is 6.61 Å². The molecule has 0 spiro atoms. The summed E-state index contributed by atoms with van der Waals surface area (Å²) in [6, 6.07) is 13.1. The third-order valence-corrected chi connectivity index (χ3v) is 3.67. The molecule has 0 heterocycles. The van der Waals surface area contributed by atoms with Crippen molar-refractivity contribution in [3.63, 3.8) is 0 Å². The Morgan fingerprint density at radius 2 is 1.70 bits per heavy atom. The summed E-state index contributed by atoms with van der Waals surface area (Å²) in [4.78, 5) is 22.8. The van der Waals surface area contributed by atoms with Gasteiger partial charge in [-0.25, -0.2) is 0 Å². The number of hydrogen-bond acceptors (Lipinski definition) is 3. The van der Waals surface area contributed by atoms with Gasteiger partial charge in [0.05, 0.1) is 0 Å². The maximum absolute atomic E-state index is 12.2. The monoisotopic (exact) mass is 380 g/mol. The van der Waals surface area contributed by atoms with Crippen molar-refractivity contribution in [1.29, 1.82) is 0 Å². The smallest absolute Gasteiger partial charge is 0.471 e. The van der Waals surface area contributed by atoms with Crippen LogP contribution in [0.5, 0.6) is 5.75 Å². The molecule has 5 nitrogen and oxygen atoms in total. The predicted octanol–water partition coefficient (Wildman–Crippen LogP) is 3.45. The van der Waals surface area contributed by atoms with Crippen molar-refractivity contribution in [3.8, 4) is 5.75 Å². The zero-order valence-electron chi connectivity index (χ0n) is 14.6. The number of carbonyl (C=O) groups is 2. The number of carbonyl (C=O) groups excluding carboxylic acids is 2. The fourth-order valence-electron chi connectivity index (χ4n) is 2.24. The Morgan fingerprint density at radius 1 is 1.04 bits per heavy atom. The van der Waals surface area contributed by atoms with Gasteiger partial charge in [-0.2, -0.15) is 13.2 Å². The van der Waals surface area contributed by atoms with Gasteiger partial charge in [0.25, 0.3) is 5.91 Å². The van der Waals surface area contributed by atoms with Gasteiger partial charge < -0.3 is 15.4 Å². The zero-order valence-corrected chi connectivity index (χ0v) is 14.6. The highest BCUT2D eigenvalue weighted by atomic mass is 19.4. The van der Waals surface area contributed by atoms with Crippen LogP contribution in [0.1, 0.15) is 18.1 Å². The van der Waals surface area contributed by atoms with Gasteiger partial charge in [-0.3, -0.25) is 9.59 Å². The van der Waals surface area contributed by atoms with Crippen molar-refractivity contribution in [3.05, 3.63) is 59.7 Å². The summed E-state index contributed by atoms with van der Waals surface area (Å²) in [7, 11) is 0. The lowest BCUT2D eigenvalue weighted by Gasteiger charge is -2.11. The molecule has 0 radical (unpaired) electrons. The summed E-state index contributed by atoms with van der Waals surface area (Å²) in [5.74, 6) is -1.71. The second kappa shape index (κ2) is 9.07. The number of halogens is 3. The Kier molecular flexibility index (Phi) is 6.81. The number of ether oxygens (including phenoxy) is 1. The normalized spacial score (nSPS) is 11.0. The Hall–Kier alpha value is -3.03. The first-order valence-electron chi connectivity index (χ1n) is 8.24. The van der Waals surface area contributed by atoms with Gasteiger partial charge in [-0.1, -0.05) is 37.3 Å². The van der Waals surface area contributed by atoms with E-state index in [2.05, 4.69) is 5.32 Å². The number of amides is 2. The maximum atomic E-state index is 12.2. The summed E-state index contributed by atoms with van der Waals surface area (Å²) in [5.41, 5.74) is 1.69. The molecule has 0 saturated heterocycles. The molecule has 2 aromatic carbocycles. The number of alkyl halides is 3. The van der Waals surface area contributed by atoms with Crippen molar-refractivity contribution in [1.82, 2.24) is 5.32 Å². The number of rotatable bonds is 7. The molecule has 0 aliphatic heterocycles. The van der Waals surface area contributed by atoms with Crippen LogP contribution in [0.3, 0.4) is 0 Å². The second-order valence-electron chi connectivity index (χ2n) is 5.68. The highest BCUT2D eigenvalue weighted by molar-refractivity contribution is 5.94. The first-order chi connectivity index (χ1) is 12.8. The van der Waals surface area contributed by atoms with E-state index >= 15 is 0 Å². The average Bonchev–Trinajstić information content (AvgIpc) is 2.65. The molecule has 0 unspecified atom stereocenters. The van der Waals surface area contributed by atoms with Gasteiger partial charge in [0, 0.05) is 12.2 Å². The lowest BCUT2D eigenvalue weighted by Crippen LogP contribution is -2.30. The molecule has 0 aliphatic carbocycles. The van der Waals surface area contributed by atoms with E-state index < -0.39 is 12.1 Å². The van der Waals surface area contributed by atoms with Gasteiger partial charge in [0.1, 0.15) is 5.75 Å². The molecule has 0 bridgehead atoms. The van der Waals surface area contributed by atoms with Crippen LogP contribution in [0.25, 0.3) is 0 Å². The third kappa shape index (κ3) is 6.32. The van der Waals surface area contributed by atoms with E-state index in [4.69, 9.17) is 4.74 Å². The van der Waals surface area contributed by atoms with Crippen LogP contribution in [0.15, 0.2) is 48.5 Å². The van der Waals surface area contributed by atoms with E-state index in [0.717, 1.165) is 12.0 Å². The highest BCUT2D eigenvalue weighted by Gasteiger charge is 2.38. The second-order valence-corrected chi connectivity index (χ2v) is 5.68. The van der Waals surface area contributed by atoms with Crippen LogP contribution in [-0.4, -0.2) is 24.6 Å². The van der Waals surface area contributed by atoms with Crippen LogP contribution in [0.4, 0.5) is 18.9 Å². The lowest BCUT2D eigenvalue weighted by atomic mass is 10.1. The van der Waals surface area contributed by atoms with Crippen LogP contribution >= 0.6 is 0 Å². The van der Waals surface area contributed by atoms with Crippen LogP contribution in [0.2, 0.25) is 0 Å². The van der Waals surface area contributed by atoms with Crippen molar-refractivity contribution < 1.29 is 27.5 Å². The number of nitrogens with one attached hydrogen (secondary N) is 2. The molecule has 0 aliphatic rings. The predicted molar refractivity (Wildman–Crippen MR) is 94.3 cm³/mol. The van der Waals surface area contributed by atoms with Crippen molar-refractivity contribution >= 4 is 17.5 Å². The van der Waals surface area contributed by atoms with Crippen molar-refractivity contribution in [2.24, 2.45) is 0 Å². The van der Waals surface area contributed by atoms with E-state index in [1.165, 1.54) is 24.3 Å². The van der Waals surface area contributed by atoms with E-state index in [1.54, 1.807) is 11.4 Å². The zero-order chi connectivity index (χ0) is 19.9. The quantitative estimate of drug-likeness (QED) is 0.773. The standard InChI is InChI=1S/C19H19F3N2O3/c1-2-14-5-3-4-6-16(14)27-12-17(25)23-11-13-7-9-15(10-8-13)24-18(26)19(20,21)22/h3-10H,2,11-12H2,1H3,(H,23,25)(H,24,26). The molecule has 0 fully saturated rings. The van der Waals surface area contributed by atoms with Crippen molar-refractivity contribution in [2.75, 3.05) is 11.9 Å². The van der Waals surface area contributed by atoms with E-state index in [1.807, 2.05) is 25.1 Å². The fourth-order valence-corrected chi connectivity index (χ4v) is 2.24. The summed E-state index contributed by atoms with van der Waals surface area (Å²) >= 11 is 0. The summed E-state index contributed by atoms with van der Waals surface area (Å²) in [5, 5.41) is 4.41. The Morgan fingerprint density at radius 3 is 2.33 bits per heavy atom. The van der Waals surface area contributed by atoms with Crippen LogP contribution in [-0.2, 0) is 22.6 Å². The molecule has 2 aromatic rings. The molecule has 2 amide bonds. The molecule has 144 valence electrons. The molecule has 0 atom stereocenters. The molecule has 0 aromatic heterocycles. The minimum Gasteiger partial charge on any atom is -0.483 e. The Bertz CT molecular complexity index is 790. The van der Waals surface area contributed by atoms with Crippen LogP contribution < -0.4 is 15.4 Å². The number of anilines is 1. The van der Waals surface area contributed by atoms with Crippen LogP contribution in [0, 0.1) is 0 Å². The summed E-state index contributed by atoms with van der Waals surface area (Å²) in [6.07, 6.45) is -4.15. The van der Waals surface area contributed by atoms with Crippen molar-refractivity contribution in [2.45, 2.75) is 26.1 Å². The average molecular weight is 380 g/mol. The first-order valence-corrected chi connectivity index (χ1v) is 8.24. The minimum atomic E-state index is -4.94. The SMILES string of the molecule is CCc1ccccc1OCC(=O)NCc1ccc(NC(=O)C(F)(F)F)cc1. The molecular weight excluding hydrogens is 361 g/mol. The molecule has 2 N–H and O–H groups in total. The molecular formula is C19H19F3N2O3. The number of hydrogen-bond donors (Lipinski definition) is 2. The third-order valence-electron chi connectivity index (χ3n) is 3.67. The molecule has 8 heteroatoms. The summed E-state index contributed by atoms with van der Waals surface area (Å²) in [6.45, 7) is 2.03. The van der Waals surface area contributed by atoms with E-state index in [9.17, 15) is 22.8 Å². The topological polar surface area (TPSA) is 67.4 Å². The highest BCUT2D eigenvalue weighted by Crippen LogP contribution is 2.19. The lowest BCUT2D eigenvalue weighted by molar-refractivity contribution is -0.167. The Labute approximate surface area is 154 Å². The van der Waals surface area contributed by atoms with Gasteiger partial charge in [0.2, 0.25) is 0 Å². The summed E-state index contributed by atoms with van der Waals surface area (Å²) < 4.78 is 42.1. The van der Waals surface area contributed by atoms with E-state index in [0.29, 0.717) is 11.3 Å². The van der Waals surface area contributed by atoms with Gasteiger partial charge in [-0.15, -0.1) is 0 Å². The minimum absolute atomic E-state index is 0.0203.